The molecule has 0 aliphatic heterocycles. The van der Waals surface area contributed by atoms with Crippen molar-refractivity contribution < 1.29 is 14.6 Å². The third-order valence-electron chi connectivity index (χ3n) is 2.95. The van der Waals surface area contributed by atoms with Gasteiger partial charge in [-0.1, -0.05) is 0 Å². The highest BCUT2D eigenvalue weighted by molar-refractivity contribution is 5.97. The number of hydrogen-bond donors (Lipinski definition) is 1. The number of nitrogens with zero attached hydrogens (tertiary/aromatic N) is 2. The van der Waals surface area contributed by atoms with E-state index in [-0.39, 0.29) is 17.2 Å². The second-order valence-corrected chi connectivity index (χ2v) is 4.40. The van der Waals surface area contributed by atoms with E-state index in [0.29, 0.717) is 12.3 Å². The predicted molar refractivity (Wildman–Crippen MR) is 74.7 cm³/mol. The third kappa shape index (κ3) is 3.06. The Hall–Kier alpha value is -2.56. The average molecular weight is 272 g/mol. The number of hydrogen-bond acceptors (Lipinski definition) is 4. The van der Waals surface area contributed by atoms with Gasteiger partial charge in [-0.15, -0.1) is 0 Å². The van der Waals surface area contributed by atoms with Crippen LogP contribution >= 0.6 is 0 Å². The summed E-state index contributed by atoms with van der Waals surface area (Å²) in [7, 11) is 3.20. The topological polar surface area (TPSA) is 62.7 Å². The molecule has 0 radical (unpaired) electrons. The van der Waals surface area contributed by atoms with Gasteiger partial charge in [0.05, 0.1) is 12.7 Å². The van der Waals surface area contributed by atoms with E-state index < -0.39 is 0 Å². The van der Waals surface area contributed by atoms with E-state index in [1.165, 1.54) is 24.1 Å². The van der Waals surface area contributed by atoms with Crippen LogP contribution in [0.25, 0.3) is 0 Å². The number of rotatable bonds is 4. The number of phenolic OH excluding ortho intramolecular Hbond substituents is 1. The number of carbonyl (C=O) groups is 1. The monoisotopic (exact) mass is 272 g/mol. The summed E-state index contributed by atoms with van der Waals surface area (Å²) in [5.74, 6) is 0.207. The maximum atomic E-state index is 12.3. The number of pyridine rings is 1. The molecule has 0 fully saturated rings. The number of aromatic hydroxyl groups is 1. The van der Waals surface area contributed by atoms with Gasteiger partial charge in [-0.3, -0.25) is 9.78 Å². The molecule has 20 heavy (non-hydrogen) atoms. The zero-order chi connectivity index (χ0) is 14.5. The smallest absolute Gasteiger partial charge is 0.257 e. The highest BCUT2D eigenvalue weighted by Crippen LogP contribution is 2.24. The van der Waals surface area contributed by atoms with Crippen LogP contribution in [0.4, 0.5) is 0 Å². The predicted octanol–water partition coefficient (Wildman–Crippen LogP) is 2.07. The number of benzene rings is 1. The summed E-state index contributed by atoms with van der Waals surface area (Å²) in [6.07, 6.45) is 3.35. The molecule has 0 aliphatic carbocycles. The average Bonchev–Trinajstić information content (AvgIpc) is 2.48. The second kappa shape index (κ2) is 6.06. The van der Waals surface area contributed by atoms with E-state index in [4.69, 9.17) is 4.74 Å². The van der Waals surface area contributed by atoms with Crippen LogP contribution in [0.2, 0.25) is 0 Å². The summed E-state index contributed by atoms with van der Waals surface area (Å²) in [4.78, 5) is 17.8. The van der Waals surface area contributed by atoms with Gasteiger partial charge in [-0.05, 0) is 35.9 Å². The van der Waals surface area contributed by atoms with Gasteiger partial charge in [0.1, 0.15) is 11.5 Å². The van der Waals surface area contributed by atoms with Crippen molar-refractivity contribution in [3.8, 4) is 11.5 Å². The molecule has 0 spiro atoms. The van der Waals surface area contributed by atoms with Crippen LogP contribution in [0, 0.1) is 0 Å². The molecule has 1 aromatic carbocycles. The van der Waals surface area contributed by atoms with Crippen molar-refractivity contribution >= 4 is 5.91 Å². The molecule has 0 bridgehead atoms. The molecule has 5 heteroatoms. The van der Waals surface area contributed by atoms with Crippen molar-refractivity contribution in [1.29, 1.82) is 0 Å². The Balaban J connectivity index is 2.18. The SMILES string of the molecule is COc1ccc(O)c(C(=O)N(C)Cc2ccncc2)c1. The maximum absolute atomic E-state index is 12.3. The lowest BCUT2D eigenvalue weighted by molar-refractivity contribution is 0.0781. The van der Waals surface area contributed by atoms with Gasteiger partial charge in [-0.25, -0.2) is 0 Å². The van der Waals surface area contributed by atoms with Crippen molar-refractivity contribution in [2.75, 3.05) is 14.2 Å². The first-order valence-corrected chi connectivity index (χ1v) is 6.13. The molecule has 2 rings (SSSR count). The zero-order valence-electron chi connectivity index (χ0n) is 11.4. The van der Waals surface area contributed by atoms with E-state index >= 15 is 0 Å². The van der Waals surface area contributed by atoms with E-state index in [2.05, 4.69) is 4.98 Å². The minimum absolute atomic E-state index is 0.0580. The largest absolute Gasteiger partial charge is 0.507 e. The molecule has 0 aliphatic rings. The molecular formula is C15H16N2O3. The van der Waals surface area contributed by atoms with E-state index in [9.17, 15) is 9.90 Å². The quantitative estimate of drug-likeness (QED) is 0.925. The number of amides is 1. The van der Waals surface area contributed by atoms with Gasteiger partial charge < -0.3 is 14.7 Å². The van der Waals surface area contributed by atoms with Crippen molar-refractivity contribution in [3.05, 3.63) is 53.9 Å². The van der Waals surface area contributed by atoms with Crippen molar-refractivity contribution in [2.24, 2.45) is 0 Å². The number of methoxy groups -OCH3 is 1. The molecule has 0 saturated carbocycles. The van der Waals surface area contributed by atoms with Gasteiger partial charge >= 0.3 is 0 Å². The molecule has 0 saturated heterocycles. The Kier molecular flexibility index (Phi) is 4.20. The summed E-state index contributed by atoms with van der Waals surface area (Å²) in [6, 6.07) is 8.27. The highest BCUT2D eigenvalue weighted by atomic mass is 16.5. The lowest BCUT2D eigenvalue weighted by Crippen LogP contribution is -2.26. The molecule has 104 valence electrons. The van der Waals surface area contributed by atoms with Gasteiger partial charge in [0.2, 0.25) is 0 Å². The fourth-order valence-electron chi connectivity index (χ4n) is 1.85. The van der Waals surface area contributed by atoms with Crippen molar-refractivity contribution in [1.82, 2.24) is 9.88 Å². The Labute approximate surface area is 117 Å². The Morgan fingerprint density at radius 3 is 2.65 bits per heavy atom. The Bertz CT molecular complexity index is 599. The van der Waals surface area contributed by atoms with Gasteiger partial charge in [-0.2, -0.15) is 0 Å². The second-order valence-electron chi connectivity index (χ2n) is 4.40. The lowest BCUT2D eigenvalue weighted by atomic mass is 10.1. The molecular weight excluding hydrogens is 256 g/mol. The van der Waals surface area contributed by atoms with Crippen LogP contribution in [0.3, 0.4) is 0 Å². The molecule has 1 aromatic heterocycles. The minimum atomic E-state index is -0.266. The van der Waals surface area contributed by atoms with Gasteiger partial charge in [0.25, 0.3) is 5.91 Å². The van der Waals surface area contributed by atoms with Crippen molar-refractivity contribution in [2.45, 2.75) is 6.54 Å². The van der Waals surface area contributed by atoms with Crippen LogP contribution in [0.5, 0.6) is 11.5 Å². The lowest BCUT2D eigenvalue weighted by Gasteiger charge is -2.18. The summed E-state index contributed by atoms with van der Waals surface area (Å²) >= 11 is 0. The summed E-state index contributed by atoms with van der Waals surface area (Å²) in [5.41, 5.74) is 1.19. The van der Waals surface area contributed by atoms with Crippen LogP contribution in [-0.2, 0) is 6.54 Å². The first-order chi connectivity index (χ1) is 9.61. The van der Waals surface area contributed by atoms with Crippen LogP contribution in [0.1, 0.15) is 15.9 Å². The zero-order valence-corrected chi connectivity index (χ0v) is 11.4. The standard InChI is InChI=1S/C15H16N2O3/c1-17(10-11-5-7-16-8-6-11)15(19)13-9-12(20-2)3-4-14(13)18/h3-9,18H,10H2,1-2H3. The Morgan fingerprint density at radius 2 is 2.00 bits per heavy atom. The van der Waals surface area contributed by atoms with Gasteiger partial charge in [0.15, 0.2) is 0 Å². The van der Waals surface area contributed by atoms with Gasteiger partial charge in [0, 0.05) is 26.0 Å². The van der Waals surface area contributed by atoms with Crippen LogP contribution in [-0.4, -0.2) is 35.1 Å². The molecule has 1 amide bonds. The van der Waals surface area contributed by atoms with E-state index in [0.717, 1.165) is 5.56 Å². The fraction of sp³-hybridized carbons (Fsp3) is 0.200. The first-order valence-electron chi connectivity index (χ1n) is 6.13. The summed E-state index contributed by atoms with van der Waals surface area (Å²) in [5, 5.41) is 9.80. The summed E-state index contributed by atoms with van der Waals surface area (Å²) in [6.45, 7) is 0.442. The number of aromatic nitrogens is 1. The fourth-order valence-corrected chi connectivity index (χ4v) is 1.85. The molecule has 5 nitrogen and oxygen atoms in total. The molecule has 1 N–H and O–H groups in total. The molecule has 1 heterocycles. The Morgan fingerprint density at radius 1 is 1.30 bits per heavy atom. The van der Waals surface area contributed by atoms with Crippen LogP contribution < -0.4 is 4.74 Å². The molecule has 0 atom stereocenters. The maximum Gasteiger partial charge on any atom is 0.257 e. The third-order valence-corrected chi connectivity index (χ3v) is 2.95. The summed E-state index contributed by atoms with van der Waals surface area (Å²) < 4.78 is 5.07. The first kappa shape index (κ1) is 13.9. The van der Waals surface area contributed by atoms with E-state index in [1.54, 1.807) is 25.5 Å². The van der Waals surface area contributed by atoms with Crippen LogP contribution in [0.15, 0.2) is 42.7 Å². The van der Waals surface area contributed by atoms with Crippen molar-refractivity contribution in [3.63, 3.8) is 0 Å². The minimum Gasteiger partial charge on any atom is -0.507 e. The molecule has 2 aromatic rings. The highest BCUT2D eigenvalue weighted by Gasteiger charge is 2.17. The number of phenols is 1. The normalized spacial score (nSPS) is 10.1. The number of carbonyl (C=O) groups excluding carboxylic acids is 1. The number of ether oxygens (including phenoxy) is 1. The molecule has 0 unspecified atom stereocenters. The van der Waals surface area contributed by atoms with E-state index in [1.807, 2.05) is 12.1 Å².